The van der Waals surface area contributed by atoms with E-state index in [4.69, 9.17) is 9.47 Å². The Labute approximate surface area is 196 Å². The first-order valence-corrected chi connectivity index (χ1v) is 10.3. The van der Waals surface area contributed by atoms with Crippen molar-refractivity contribution in [3.63, 3.8) is 0 Å². The van der Waals surface area contributed by atoms with Gasteiger partial charge in [-0.2, -0.15) is 13.2 Å². The van der Waals surface area contributed by atoms with Gasteiger partial charge >= 0.3 is 12.1 Å². The van der Waals surface area contributed by atoms with Gasteiger partial charge in [-0.15, -0.1) is 0 Å². The van der Waals surface area contributed by atoms with Crippen LogP contribution in [0.3, 0.4) is 0 Å². The molecule has 1 aliphatic rings. The number of alkyl halides is 5. The second kappa shape index (κ2) is 9.72. The van der Waals surface area contributed by atoms with Gasteiger partial charge in [-0.3, -0.25) is 4.79 Å². The Morgan fingerprint density at radius 1 is 1.17 bits per heavy atom. The Kier molecular flexibility index (Phi) is 7.29. The van der Waals surface area contributed by atoms with Gasteiger partial charge in [0.1, 0.15) is 17.5 Å². The van der Waals surface area contributed by atoms with Gasteiger partial charge in [0.15, 0.2) is 5.60 Å². The number of carbonyl (C=O) groups is 2. The normalized spacial score (nSPS) is 24.3. The van der Waals surface area contributed by atoms with Crippen LogP contribution in [0.1, 0.15) is 47.9 Å². The Balaban J connectivity index is 2.00. The average molecular weight is 503 g/mol. The van der Waals surface area contributed by atoms with Crippen LogP contribution in [-0.4, -0.2) is 53.9 Å². The van der Waals surface area contributed by atoms with Crippen molar-refractivity contribution in [3.8, 4) is 5.88 Å². The zero-order valence-electron chi connectivity index (χ0n) is 19.0. The van der Waals surface area contributed by atoms with Gasteiger partial charge in [-0.1, -0.05) is 13.0 Å². The molecule has 8 nitrogen and oxygen atoms in total. The third-order valence-corrected chi connectivity index (χ3v) is 6.04. The number of hydrogen-bond acceptors (Lipinski definition) is 7. The van der Waals surface area contributed by atoms with E-state index in [1.165, 1.54) is 19.1 Å². The van der Waals surface area contributed by atoms with Gasteiger partial charge < -0.3 is 19.5 Å². The molecule has 0 spiro atoms. The van der Waals surface area contributed by atoms with Crippen molar-refractivity contribution in [1.82, 2.24) is 9.97 Å². The fourth-order valence-electron chi connectivity index (χ4n) is 3.93. The second-order valence-corrected chi connectivity index (χ2v) is 8.01. The van der Waals surface area contributed by atoms with E-state index in [1.807, 2.05) is 0 Å². The highest BCUT2D eigenvalue weighted by Crippen LogP contribution is 2.54. The highest BCUT2D eigenvalue weighted by Gasteiger charge is 2.65. The lowest BCUT2D eigenvalue weighted by Crippen LogP contribution is -2.47. The maximum absolute atomic E-state index is 14.0. The number of aromatic nitrogens is 2. The molecule has 1 N–H and O–H groups in total. The summed E-state index contributed by atoms with van der Waals surface area (Å²) in [5.41, 5.74) is -3.32. The van der Waals surface area contributed by atoms with Crippen LogP contribution >= 0.6 is 0 Å². The fourth-order valence-corrected chi connectivity index (χ4v) is 3.93. The molecule has 2 aromatic rings. The number of halogens is 5. The Bertz CT molecular complexity index is 1100. The first-order chi connectivity index (χ1) is 16.3. The molecule has 4 atom stereocenters. The van der Waals surface area contributed by atoms with E-state index in [9.17, 15) is 31.5 Å². The molecule has 1 aliphatic heterocycles. The average Bonchev–Trinajstić information content (AvgIpc) is 3.10. The molecule has 0 radical (unpaired) electrons. The van der Waals surface area contributed by atoms with Crippen LogP contribution in [0.4, 0.5) is 27.6 Å². The molecule has 1 fully saturated rings. The number of rotatable bonds is 6. The molecule has 2 aromatic heterocycles. The minimum absolute atomic E-state index is 0.0108. The van der Waals surface area contributed by atoms with Crippen LogP contribution in [0.2, 0.25) is 0 Å². The van der Waals surface area contributed by atoms with E-state index >= 15 is 0 Å². The molecule has 0 unspecified atom stereocenters. The Morgan fingerprint density at radius 2 is 1.86 bits per heavy atom. The number of pyridine rings is 2. The van der Waals surface area contributed by atoms with Gasteiger partial charge in [0.05, 0.1) is 26.1 Å². The molecule has 190 valence electrons. The van der Waals surface area contributed by atoms with Crippen LogP contribution in [-0.2, 0) is 14.3 Å². The molecule has 1 amide bonds. The summed E-state index contributed by atoms with van der Waals surface area (Å²) in [6.45, 7) is 2.07. The predicted octanol–water partition coefficient (Wildman–Crippen LogP) is 4.29. The summed E-state index contributed by atoms with van der Waals surface area (Å²) in [7, 11) is 2.29. The van der Waals surface area contributed by atoms with Gasteiger partial charge in [0, 0.05) is 17.4 Å². The summed E-state index contributed by atoms with van der Waals surface area (Å²) in [6, 6.07) is 4.69. The number of anilines is 1. The predicted molar refractivity (Wildman–Crippen MR) is 111 cm³/mol. The summed E-state index contributed by atoms with van der Waals surface area (Å²) < 4.78 is 83.1. The van der Waals surface area contributed by atoms with Crippen molar-refractivity contribution in [2.45, 2.75) is 44.1 Å². The molecule has 0 aromatic carbocycles. The minimum atomic E-state index is -4.85. The topological polar surface area (TPSA) is 99.6 Å². The van der Waals surface area contributed by atoms with Gasteiger partial charge in [0.25, 0.3) is 12.3 Å². The second-order valence-electron chi connectivity index (χ2n) is 8.01. The van der Waals surface area contributed by atoms with Gasteiger partial charge in [-0.05, 0) is 25.1 Å². The third-order valence-electron chi connectivity index (χ3n) is 6.04. The van der Waals surface area contributed by atoms with E-state index < -0.39 is 53.7 Å². The zero-order chi connectivity index (χ0) is 26.1. The summed E-state index contributed by atoms with van der Waals surface area (Å²) in [5.74, 6) is -4.58. The van der Waals surface area contributed by atoms with E-state index in [-0.39, 0.29) is 22.8 Å². The van der Waals surface area contributed by atoms with E-state index in [0.29, 0.717) is 0 Å². The highest BCUT2D eigenvalue weighted by molar-refractivity contribution is 5.95. The van der Waals surface area contributed by atoms with Gasteiger partial charge in [-0.25, -0.2) is 23.5 Å². The SMILES string of the molecule is COC(=O)c1ccc(NC(=O)[C@@H]2O[C@@](C)(C(F)(F)F)[C@@H](C)[C@H]2c2ccc(C(F)F)nc2OC)cn1. The number of nitrogens with zero attached hydrogens (tertiary/aromatic N) is 2. The number of ether oxygens (including phenoxy) is 3. The summed E-state index contributed by atoms with van der Waals surface area (Å²) in [5, 5.41) is 2.42. The molecule has 35 heavy (non-hydrogen) atoms. The van der Waals surface area contributed by atoms with Crippen LogP contribution in [0, 0.1) is 5.92 Å². The quantitative estimate of drug-likeness (QED) is 0.464. The maximum Gasteiger partial charge on any atom is 0.417 e. The summed E-state index contributed by atoms with van der Waals surface area (Å²) in [4.78, 5) is 32.2. The van der Waals surface area contributed by atoms with Crippen molar-refractivity contribution in [2.75, 3.05) is 19.5 Å². The molecule has 0 saturated carbocycles. The lowest BCUT2D eigenvalue weighted by molar-refractivity contribution is -0.272. The Hall–Kier alpha value is -3.35. The molecule has 0 aliphatic carbocycles. The van der Waals surface area contributed by atoms with E-state index in [2.05, 4.69) is 20.0 Å². The summed E-state index contributed by atoms with van der Waals surface area (Å²) >= 11 is 0. The van der Waals surface area contributed by atoms with Gasteiger partial charge in [0.2, 0.25) is 5.88 Å². The first-order valence-electron chi connectivity index (χ1n) is 10.3. The first kappa shape index (κ1) is 26.3. The standard InChI is InChI=1S/C22H22F5N3O5/c1-10-15(12-6-8-13(17(23)24)30-19(12)33-3)16(35-21(10,2)22(25,26)27)18(31)29-11-5-7-14(28-9-11)20(32)34-4/h5-10,15-17H,1-4H3,(H,29,31)/t10-,15-,16+,21+/m0/s1. The highest BCUT2D eigenvalue weighted by atomic mass is 19.4. The molecular formula is C22H22F5N3O5. The van der Waals surface area contributed by atoms with E-state index in [1.54, 1.807) is 0 Å². The molecular weight excluding hydrogens is 481 g/mol. The van der Waals surface area contributed by atoms with E-state index in [0.717, 1.165) is 39.5 Å². The number of amides is 1. The van der Waals surface area contributed by atoms with Crippen LogP contribution in [0.25, 0.3) is 0 Å². The number of hydrogen-bond donors (Lipinski definition) is 1. The summed E-state index contributed by atoms with van der Waals surface area (Å²) in [6.07, 6.45) is -8.35. The number of methoxy groups -OCH3 is 2. The number of esters is 1. The zero-order valence-corrected chi connectivity index (χ0v) is 19.0. The third kappa shape index (κ3) is 4.90. The monoisotopic (exact) mass is 503 g/mol. The molecule has 1 saturated heterocycles. The molecule has 0 bridgehead atoms. The van der Waals surface area contributed by atoms with Crippen LogP contribution in [0.15, 0.2) is 30.5 Å². The molecule has 3 heterocycles. The van der Waals surface area contributed by atoms with Crippen LogP contribution < -0.4 is 10.1 Å². The van der Waals surface area contributed by atoms with Crippen molar-refractivity contribution in [1.29, 1.82) is 0 Å². The minimum Gasteiger partial charge on any atom is -0.481 e. The van der Waals surface area contributed by atoms with Crippen molar-refractivity contribution >= 4 is 17.6 Å². The van der Waals surface area contributed by atoms with Crippen molar-refractivity contribution in [3.05, 3.63) is 47.4 Å². The Morgan fingerprint density at radius 3 is 2.37 bits per heavy atom. The maximum atomic E-state index is 14.0. The van der Waals surface area contributed by atoms with Crippen molar-refractivity contribution < 1.29 is 45.8 Å². The largest absolute Gasteiger partial charge is 0.481 e. The molecule has 3 rings (SSSR count). The molecule has 13 heteroatoms. The van der Waals surface area contributed by atoms with Crippen LogP contribution in [0.5, 0.6) is 5.88 Å². The smallest absolute Gasteiger partial charge is 0.417 e. The fraction of sp³-hybridized carbons (Fsp3) is 0.455. The lowest BCUT2D eigenvalue weighted by atomic mass is 9.77. The lowest BCUT2D eigenvalue weighted by Gasteiger charge is -2.31. The number of carbonyl (C=O) groups excluding carboxylic acids is 2. The van der Waals surface area contributed by atoms with Crippen molar-refractivity contribution in [2.24, 2.45) is 5.92 Å². The number of nitrogens with one attached hydrogen (secondary N) is 1.